The van der Waals surface area contributed by atoms with E-state index in [0.717, 1.165) is 28.3 Å². The number of piperidine rings is 1. The summed E-state index contributed by atoms with van der Waals surface area (Å²) >= 11 is 5.06. The lowest BCUT2D eigenvalue weighted by Crippen LogP contribution is -2.43. The third-order valence-corrected chi connectivity index (χ3v) is 5.15. The first-order chi connectivity index (χ1) is 9.74. The van der Waals surface area contributed by atoms with Crippen molar-refractivity contribution in [1.29, 1.82) is 0 Å². The van der Waals surface area contributed by atoms with Gasteiger partial charge in [-0.3, -0.25) is 4.90 Å². The summed E-state index contributed by atoms with van der Waals surface area (Å²) < 4.78 is 6.44. The van der Waals surface area contributed by atoms with Crippen LogP contribution in [0.4, 0.5) is 0 Å². The monoisotopic (exact) mass is 392 g/mol. The van der Waals surface area contributed by atoms with Gasteiger partial charge in [-0.1, -0.05) is 5.16 Å². The van der Waals surface area contributed by atoms with Crippen LogP contribution in [0.3, 0.4) is 0 Å². The fourth-order valence-corrected chi connectivity index (χ4v) is 3.79. The van der Waals surface area contributed by atoms with Crippen LogP contribution in [0.2, 0.25) is 0 Å². The van der Waals surface area contributed by atoms with Crippen LogP contribution in [0.25, 0.3) is 10.7 Å². The van der Waals surface area contributed by atoms with Crippen LogP contribution < -0.4 is 5.32 Å². The van der Waals surface area contributed by atoms with Crippen LogP contribution in [0.15, 0.2) is 20.4 Å². The Balaban J connectivity index is 0.00000161. The molecule has 3 rings (SSSR count). The average Bonchev–Trinajstić information content (AvgIpc) is 3.08. The van der Waals surface area contributed by atoms with Crippen LogP contribution in [0.5, 0.6) is 0 Å². The molecule has 1 N–H and O–H groups in total. The summed E-state index contributed by atoms with van der Waals surface area (Å²) in [6, 6.07) is 4.57. The van der Waals surface area contributed by atoms with E-state index in [1.807, 2.05) is 19.2 Å². The highest BCUT2D eigenvalue weighted by molar-refractivity contribution is 9.11. The zero-order chi connectivity index (χ0) is 13.9. The molecule has 1 saturated heterocycles. The molecule has 0 spiro atoms. The summed E-state index contributed by atoms with van der Waals surface area (Å²) in [5.41, 5.74) is 0. The number of likely N-dealkylation sites (N-methyl/N-ethyl adjacent to an activating group) is 1. The Kier molecular flexibility index (Phi) is 6.19. The molecule has 0 saturated carbocycles. The van der Waals surface area contributed by atoms with Crippen LogP contribution in [0.1, 0.15) is 18.7 Å². The molecule has 21 heavy (non-hydrogen) atoms. The zero-order valence-corrected chi connectivity index (χ0v) is 14.9. The largest absolute Gasteiger partial charge is 0.338 e. The number of nitrogens with one attached hydrogen (secondary N) is 1. The van der Waals surface area contributed by atoms with Crippen molar-refractivity contribution >= 4 is 39.7 Å². The smallest absolute Gasteiger partial charge is 0.241 e. The van der Waals surface area contributed by atoms with Crippen molar-refractivity contribution in [2.45, 2.75) is 25.4 Å². The maximum atomic E-state index is 5.37. The molecule has 1 aliphatic rings. The third-order valence-electron chi connectivity index (χ3n) is 3.53. The highest BCUT2D eigenvalue weighted by atomic mass is 79.9. The number of thiophene rings is 1. The molecule has 0 aromatic carbocycles. The van der Waals surface area contributed by atoms with E-state index in [1.165, 1.54) is 12.8 Å². The predicted molar refractivity (Wildman–Crippen MR) is 89.9 cm³/mol. The van der Waals surface area contributed by atoms with Gasteiger partial charge in [0, 0.05) is 12.6 Å². The van der Waals surface area contributed by atoms with Crippen molar-refractivity contribution in [1.82, 2.24) is 20.4 Å². The van der Waals surface area contributed by atoms with Crippen molar-refractivity contribution in [3.05, 3.63) is 21.8 Å². The molecule has 2 aromatic rings. The molecular weight excluding hydrogens is 376 g/mol. The summed E-state index contributed by atoms with van der Waals surface area (Å²) in [4.78, 5) is 7.88. The van der Waals surface area contributed by atoms with Gasteiger partial charge in [-0.25, -0.2) is 0 Å². The molecule has 0 radical (unpaired) electrons. The lowest BCUT2D eigenvalue weighted by molar-refractivity contribution is 0.167. The van der Waals surface area contributed by atoms with Gasteiger partial charge < -0.3 is 9.84 Å². The van der Waals surface area contributed by atoms with Crippen LogP contribution >= 0.6 is 39.7 Å². The summed E-state index contributed by atoms with van der Waals surface area (Å²) in [5.74, 6) is 1.37. The van der Waals surface area contributed by atoms with Crippen molar-refractivity contribution in [2.24, 2.45) is 0 Å². The van der Waals surface area contributed by atoms with E-state index in [2.05, 4.69) is 36.3 Å². The minimum atomic E-state index is 0. The highest BCUT2D eigenvalue weighted by Gasteiger charge is 2.20. The fraction of sp³-hybridized carbons (Fsp3) is 0.538. The zero-order valence-electron chi connectivity index (χ0n) is 11.7. The van der Waals surface area contributed by atoms with Crippen molar-refractivity contribution in [3.63, 3.8) is 0 Å². The molecule has 0 amide bonds. The SMILES string of the molecule is CNC1CCCN(Cc2nc(-c3ccc(Br)s3)no2)C1.Cl. The topological polar surface area (TPSA) is 54.2 Å². The Hall–Kier alpha value is -0.470. The van der Waals surface area contributed by atoms with Crippen LogP contribution in [0, 0.1) is 0 Å². The Morgan fingerprint density at radius 3 is 3.10 bits per heavy atom. The average molecular weight is 394 g/mol. The maximum Gasteiger partial charge on any atom is 0.241 e. The number of likely N-dealkylation sites (tertiary alicyclic amines) is 1. The molecular formula is C13H18BrClN4OS. The van der Waals surface area contributed by atoms with E-state index >= 15 is 0 Å². The second kappa shape index (κ2) is 7.69. The Bertz CT molecular complexity index is 576. The summed E-state index contributed by atoms with van der Waals surface area (Å²) in [7, 11) is 2.02. The third kappa shape index (κ3) is 4.26. The highest BCUT2D eigenvalue weighted by Crippen LogP contribution is 2.29. The summed E-state index contributed by atoms with van der Waals surface area (Å²) in [6.07, 6.45) is 2.45. The van der Waals surface area contributed by atoms with Crippen molar-refractivity contribution in [2.75, 3.05) is 20.1 Å². The lowest BCUT2D eigenvalue weighted by Gasteiger charge is -2.31. The minimum Gasteiger partial charge on any atom is -0.338 e. The van der Waals surface area contributed by atoms with Gasteiger partial charge >= 0.3 is 0 Å². The molecule has 3 heterocycles. The Morgan fingerprint density at radius 1 is 1.52 bits per heavy atom. The first-order valence-corrected chi connectivity index (χ1v) is 8.33. The van der Waals surface area contributed by atoms with Crippen LogP contribution in [-0.2, 0) is 6.54 Å². The molecule has 0 bridgehead atoms. The number of aromatic nitrogens is 2. The quantitative estimate of drug-likeness (QED) is 0.864. The van der Waals surface area contributed by atoms with Gasteiger partial charge in [0.2, 0.25) is 11.7 Å². The van der Waals surface area contributed by atoms with Gasteiger partial charge in [0.1, 0.15) is 0 Å². The second-order valence-electron chi connectivity index (χ2n) is 4.98. The molecule has 1 unspecified atom stereocenters. The maximum absolute atomic E-state index is 5.37. The summed E-state index contributed by atoms with van der Waals surface area (Å²) in [5, 5.41) is 7.41. The van der Waals surface area contributed by atoms with Crippen LogP contribution in [-0.4, -0.2) is 41.2 Å². The number of rotatable bonds is 4. The number of halogens is 2. The van der Waals surface area contributed by atoms with E-state index in [-0.39, 0.29) is 12.4 Å². The van der Waals surface area contributed by atoms with E-state index in [0.29, 0.717) is 17.8 Å². The van der Waals surface area contributed by atoms with Gasteiger partial charge in [-0.05, 0) is 54.5 Å². The van der Waals surface area contributed by atoms with Gasteiger partial charge in [-0.2, -0.15) is 4.98 Å². The minimum absolute atomic E-state index is 0. The molecule has 1 fully saturated rings. The van der Waals surface area contributed by atoms with E-state index in [1.54, 1.807) is 11.3 Å². The molecule has 0 aliphatic carbocycles. The first kappa shape index (κ1) is 16.9. The van der Waals surface area contributed by atoms with Gasteiger partial charge in [0.05, 0.1) is 15.2 Å². The Labute approximate surface area is 142 Å². The lowest BCUT2D eigenvalue weighted by atomic mass is 10.1. The van der Waals surface area contributed by atoms with E-state index < -0.39 is 0 Å². The summed E-state index contributed by atoms with van der Waals surface area (Å²) in [6.45, 7) is 2.87. The first-order valence-electron chi connectivity index (χ1n) is 6.72. The molecule has 116 valence electrons. The van der Waals surface area contributed by atoms with Gasteiger partial charge in [0.25, 0.3) is 0 Å². The standard InChI is InChI=1S/C13H17BrN4OS.ClH/c1-15-9-3-2-6-18(7-9)8-12-16-13(17-19-12)10-4-5-11(14)20-10;/h4-5,9,15H,2-3,6-8H2,1H3;1H. The number of nitrogens with zero attached hydrogens (tertiary/aromatic N) is 3. The molecule has 8 heteroatoms. The van der Waals surface area contributed by atoms with Crippen molar-refractivity contribution in [3.8, 4) is 10.7 Å². The molecule has 2 aromatic heterocycles. The number of hydrogen-bond donors (Lipinski definition) is 1. The molecule has 1 aliphatic heterocycles. The molecule has 5 nitrogen and oxygen atoms in total. The van der Waals surface area contributed by atoms with Gasteiger partial charge in [0.15, 0.2) is 0 Å². The predicted octanol–water partition coefficient (Wildman–Crippen LogP) is 3.17. The van der Waals surface area contributed by atoms with E-state index in [9.17, 15) is 0 Å². The van der Waals surface area contributed by atoms with Crippen molar-refractivity contribution < 1.29 is 4.52 Å². The normalized spacial score (nSPS) is 19.4. The number of hydrogen-bond acceptors (Lipinski definition) is 6. The molecule has 1 atom stereocenters. The fourth-order valence-electron chi connectivity index (χ4n) is 2.48. The second-order valence-corrected chi connectivity index (χ2v) is 7.44. The van der Waals surface area contributed by atoms with Gasteiger partial charge in [-0.15, -0.1) is 23.7 Å². The van der Waals surface area contributed by atoms with E-state index in [4.69, 9.17) is 4.52 Å². The Morgan fingerprint density at radius 2 is 2.38 bits per heavy atom.